The third-order valence-electron chi connectivity index (χ3n) is 2.43. The van der Waals surface area contributed by atoms with Crippen molar-refractivity contribution in [1.29, 1.82) is 0 Å². The molecule has 1 aliphatic rings. The Kier molecular flexibility index (Phi) is 3.94. The Morgan fingerprint density at radius 2 is 2.18 bits per heavy atom. The Labute approximate surface area is 117 Å². The van der Waals surface area contributed by atoms with E-state index in [1.807, 2.05) is 0 Å². The molecule has 0 bridgehead atoms. The first kappa shape index (κ1) is 13.5. The minimum Gasteiger partial charge on any atom is -0.298 e. The normalized spacial score (nSPS) is 18.6. The summed E-state index contributed by atoms with van der Waals surface area (Å²) in [5, 5.41) is 0.372. The first-order valence-electron chi connectivity index (χ1n) is 4.88. The molecule has 0 amide bonds. The summed E-state index contributed by atoms with van der Waals surface area (Å²) < 4.78 is 26.4. The highest BCUT2D eigenvalue weighted by Gasteiger charge is 2.30. The van der Waals surface area contributed by atoms with Crippen molar-refractivity contribution in [1.82, 2.24) is 4.31 Å². The van der Waals surface area contributed by atoms with Gasteiger partial charge >= 0.3 is 0 Å². The molecule has 1 aromatic heterocycles. The van der Waals surface area contributed by atoms with E-state index in [-0.39, 0.29) is 16.5 Å². The van der Waals surface area contributed by atoms with E-state index in [4.69, 9.17) is 11.6 Å². The summed E-state index contributed by atoms with van der Waals surface area (Å²) in [4.78, 5) is 11.3. The van der Waals surface area contributed by atoms with Gasteiger partial charge in [-0.3, -0.25) is 4.79 Å². The second-order valence-electron chi connectivity index (χ2n) is 3.67. The van der Waals surface area contributed by atoms with Crippen LogP contribution in [0.3, 0.4) is 0 Å². The van der Waals surface area contributed by atoms with Gasteiger partial charge in [0.15, 0.2) is 0 Å². The summed E-state index contributed by atoms with van der Waals surface area (Å²) in [6.45, 7) is 0.358. The van der Waals surface area contributed by atoms with Crippen LogP contribution in [0.15, 0.2) is 14.1 Å². The molecule has 94 valence electrons. The first-order chi connectivity index (χ1) is 7.91. The summed E-state index contributed by atoms with van der Waals surface area (Å²) in [5.41, 5.74) is 0. The molecule has 0 atom stereocenters. The van der Waals surface area contributed by atoms with E-state index >= 15 is 0 Å². The fourth-order valence-electron chi connectivity index (χ4n) is 1.59. The van der Waals surface area contributed by atoms with E-state index in [0.29, 0.717) is 28.2 Å². The molecule has 0 unspecified atom stereocenters. The zero-order valence-corrected chi connectivity index (χ0v) is 12.6. The Balaban J connectivity index is 2.32. The van der Waals surface area contributed by atoms with Crippen LogP contribution in [0.5, 0.6) is 0 Å². The number of carbonyl (C=O) groups excluding carboxylic acids is 1. The van der Waals surface area contributed by atoms with Crippen LogP contribution in [-0.4, -0.2) is 31.6 Å². The van der Waals surface area contributed by atoms with Crippen molar-refractivity contribution in [2.75, 3.05) is 13.1 Å². The van der Waals surface area contributed by atoms with Crippen LogP contribution in [0.4, 0.5) is 0 Å². The van der Waals surface area contributed by atoms with Gasteiger partial charge in [0.05, 0.1) is 15.4 Å². The van der Waals surface area contributed by atoms with E-state index < -0.39 is 10.0 Å². The summed E-state index contributed by atoms with van der Waals surface area (Å²) in [6, 6.07) is 1.41. The molecule has 0 spiro atoms. The summed E-state index contributed by atoms with van der Waals surface area (Å²) >= 11 is 10.1. The molecular weight excluding hydrogens is 350 g/mol. The van der Waals surface area contributed by atoms with Crippen LogP contribution in [-0.2, 0) is 14.8 Å². The number of hydrogen-bond donors (Lipinski definition) is 0. The van der Waals surface area contributed by atoms with Crippen LogP contribution in [0.1, 0.15) is 12.8 Å². The third-order valence-corrected chi connectivity index (χ3v) is 7.20. The summed E-state index contributed by atoms with van der Waals surface area (Å²) in [5.74, 6) is -0.0402. The number of halogens is 2. The molecule has 0 aliphatic carbocycles. The van der Waals surface area contributed by atoms with Gasteiger partial charge in [0.1, 0.15) is 9.99 Å². The lowest BCUT2D eigenvalue weighted by Gasteiger charge is -2.24. The van der Waals surface area contributed by atoms with Gasteiger partial charge < -0.3 is 0 Å². The Hall–Kier alpha value is 0.0500. The second-order valence-corrected chi connectivity index (χ2v) is 8.61. The van der Waals surface area contributed by atoms with Crippen molar-refractivity contribution >= 4 is 54.7 Å². The zero-order chi connectivity index (χ0) is 12.6. The highest BCUT2D eigenvalue weighted by Crippen LogP contribution is 2.36. The molecule has 0 saturated carbocycles. The number of rotatable bonds is 2. The van der Waals surface area contributed by atoms with E-state index in [9.17, 15) is 13.2 Å². The van der Waals surface area contributed by atoms with Crippen molar-refractivity contribution in [2.45, 2.75) is 17.1 Å². The average molecular weight is 359 g/mol. The number of sulfonamides is 1. The van der Waals surface area contributed by atoms with Crippen molar-refractivity contribution in [3.05, 3.63) is 14.9 Å². The molecular formula is C9H9BrClNO3S2. The molecule has 8 heteroatoms. The smallest absolute Gasteiger partial charge is 0.253 e. The van der Waals surface area contributed by atoms with Gasteiger partial charge in [-0.1, -0.05) is 11.6 Å². The molecule has 17 heavy (non-hydrogen) atoms. The van der Waals surface area contributed by atoms with Gasteiger partial charge in [0, 0.05) is 13.0 Å². The van der Waals surface area contributed by atoms with Gasteiger partial charge in [0.25, 0.3) is 10.0 Å². The Bertz CT molecular complexity index is 535. The van der Waals surface area contributed by atoms with Gasteiger partial charge in [-0.05, 0) is 28.4 Å². The fraction of sp³-hybridized carbons (Fsp3) is 0.444. The zero-order valence-electron chi connectivity index (χ0n) is 8.65. The van der Waals surface area contributed by atoms with Crippen molar-refractivity contribution < 1.29 is 13.2 Å². The number of nitrogens with zero attached hydrogens (tertiary/aromatic N) is 1. The molecule has 1 saturated heterocycles. The lowest BCUT2D eigenvalue weighted by Crippen LogP contribution is -2.39. The maximum Gasteiger partial charge on any atom is 0.253 e. The molecule has 1 fully saturated rings. The predicted octanol–water partition coefficient (Wildman–Crippen LogP) is 2.52. The molecule has 0 aromatic carbocycles. The quantitative estimate of drug-likeness (QED) is 0.816. The number of thiophene rings is 1. The number of hydrogen-bond acceptors (Lipinski definition) is 4. The lowest BCUT2D eigenvalue weighted by atomic mass is 10.1. The minimum atomic E-state index is -3.58. The number of piperidine rings is 1. The molecule has 1 aliphatic heterocycles. The van der Waals surface area contributed by atoms with E-state index in [0.717, 1.165) is 11.3 Å². The highest BCUT2D eigenvalue weighted by atomic mass is 79.9. The topological polar surface area (TPSA) is 54.5 Å². The molecule has 0 N–H and O–H groups in total. The maximum absolute atomic E-state index is 12.2. The number of Topliss-reactive ketones (excluding diaryl/α,β-unsaturated/α-hetero) is 1. The van der Waals surface area contributed by atoms with E-state index in [2.05, 4.69) is 15.9 Å². The monoisotopic (exact) mass is 357 g/mol. The average Bonchev–Trinajstić information content (AvgIpc) is 2.60. The van der Waals surface area contributed by atoms with Gasteiger partial charge in [-0.15, -0.1) is 11.3 Å². The predicted molar refractivity (Wildman–Crippen MR) is 70.0 cm³/mol. The number of carbonyl (C=O) groups is 1. The summed E-state index contributed by atoms with van der Waals surface area (Å²) in [6.07, 6.45) is 1.04. The number of ketones is 1. The minimum absolute atomic E-state index is 0.0323. The van der Waals surface area contributed by atoms with Crippen LogP contribution < -0.4 is 0 Å². The van der Waals surface area contributed by atoms with Gasteiger partial charge in [-0.2, -0.15) is 4.31 Å². The largest absolute Gasteiger partial charge is 0.298 e. The van der Waals surface area contributed by atoms with Crippen molar-refractivity contribution in [2.24, 2.45) is 0 Å². The third kappa shape index (κ3) is 2.73. The van der Waals surface area contributed by atoms with Crippen molar-refractivity contribution in [3.8, 4) is 0 Å². The standard InChI is InChI=1S/C9H9BrClNO3S2/c10-9-7(11)4-8(16-9)17(14,15)12-3-1-2-6(13)5-12/h4H,1-3,5H2. The molecule has 0 radical (unpaired) electrons. The molecule has 4 nitrogen and oxygen atoms in total. The second kappa shape index (κ2) is 4.97. The maximum atomic E-state index is 12.2. The fourth-order valence-corrected chi connectivity index (χ4v) is 5.61. The van der Waals surface area contributed by atoms with Gasteiger partial charge in [-0.25, -0.2) is 8.42 Å². The summed E-state index contributed by atoms with van der Waals surface area (Å²) in [7, 11) is -3.58. The SMILES string of the molecule is O=C1CCCN(S(=O)(=O)c2cc(Cl)c(Br)s2)C1. The van der Waals surface area contributed by atoms with E-state index in [1.54, 1.807) is 0 Å². The van der Waals surface area contributed by atoms with Crippen LogP contribution in [0.25, 0.3) is 0 Å². The Morgan fingerprint density at radius 3 is 2.71 bits per heavy atom. The van der Waals surface area contributed by atoms with Crippen molar-refractivity contribution in [3.63, 3.8) is 0 Å². The molecule has 1 aromatic rings. The van der Waals surface area contributed by atoms with Crippen LogP contribution >= 0.6 is 38.9 Å². The molecule has 2 rings (SSSR count). The van der Waals surface area contributed by atoms with Gasteiger partial charge in [0.2, 0.25) is 0 Å². The highest BCUT2D eigenvalue weighted by molar-refractivity contribution is 9.11. The van der Waals surface area contributed by atoms with Crippen LogP contribution in [0.2, 0.25) is 5.02 Å². The van der Waals surface area contributed by atoms with Crippen LogP contribution in [0, 0.1) is 0 Å². The molecule has 2 heterocycles. The Morgan fingerprint density at radius 1 is 1.47 bits per heavy atom. The van der Waals surface area contributed by atoms with E-state index in [1.165, 1.54) is 10.4 Å². The lowest BCUT2D eigenvalue weighted by molar-refractivity contribution is -0.120. The first-order valence-corrected chi connectivity index (χ1v) is 8.30.